The van der Waals surface area contributed by atoms with Gasteiger partial charge in [-0.1, -0.05) is 12.1 Å². The minimum Gasteiger partial charge on any atom is -0.344 e. The molecule has 118 valence electrons. The number of carbonyl (C=O) groups is 3. The Balaban J connectivity index is 2.00. The minimum atomic E-state index is -0.917. The van der Waals surface area contributed by atoms with Crippen molar-refractivity contribution < 1.29 is 14.4 Å². The zero-order valence-electron chi connectivity index (χ0n) is 11.7. The quantitative estimate of drug-likeness (QED) is 0.257. The van der Waals surface area contributed by atoms with Crippen LogP contribution >= 0.6 is 11.3 Å². The van der Waals surface area contributed by atoms with Crippen molar-refractivity contribution in [3.8, 4) is 0 Å². The second-order valence-electron chi connectivity index (χ2n) is 4.69. The van der Waals surface area contributed by atoms with Gasteiger partial charge in [-0.25, -0.2) is 21.0 Å². The Hall–Kier alpha value is -2.85. The average Bonchev–Trinajstić information content (AvgIpc) is 2.98. The number of nitrogens with zero attached hydrogens (tertiary/aromatic N) is 2. The molecule has 1 unspecified atom stereocenters. The van der Waals surface area contributed by atoms with Crippen molar-refractivity contribution in [1.82, 2.24) is 21.2 Å². The predicted molar refractivity (Wildman–Crippen MR) is 83.7 cm³/mol. The Morgan fingerprint density at radius 1 is 1.39 bits per heavy atom. The van der Waals surface area contributed by atoms with Crippen molar-refractivity contribution in [2.24, 2.45) is 10.9 Å². The third-order valence-corrected chi connectivity index (χ3v) is 4.34. The van der Waals surface area contributed by atoms with Gasteiger partial charge in [-0.05, 0) is 12.1 Å². The highest BCUT2D eigenvalue weighted by atomic mass is 32.1. The number of para-hydroxylation sites is 1. The van der Waals surface area contributed by atoms with Gasteiger partial charge >= 0.3 is 6.03 Å². The molecule has 5 N–H and O–H groups in total. The number of hydrogen-bond donors (Lipinski definition) is 4. The number of nitrogens with one attached hydrogen (secondary N) is 3. The highest BCUT2D eigenvalue weighted by Crippen LogP contribution is 2.30. The number of thiazole rings is 1. The molecule has 1 aliphatic rings. The number of piperidine rings is 1. The number of nitrogens with two attached hydrogens (primary N) is 1. The molecular weight excluding hydrogens is 320 g/mol. The molecule has 0 bridgehead atoms. The van der Waals surface area contributed by atoms with E-state index in [9.17, 15) is 14.4 Å². The van der Waals surface area contributed by atoms with Crippen LogP contribution in [0.5, 0.6) is 0 Å². The van der Waals surface area contributed by atoms with Crippen molar-refractivity contribution in [1.29, 1.82) is 0 Å². The molecule has 1 saturated heterocycles. The van der Waals surface area contributed by atoms with E-state index in [-0.39, 0.29) is 12.3 Å². The highest BCUT2D eigenvalue weighted by Gasteiger charge is 2.38. The third-order valence-electron chi connectivity index (χ3n) is 3.24. The maximum Gasteiger partial charge on any atom is 0.349 e. The summed E-state index contributed by atoms with van der Waals surface area (Å²) in [6, 6.07) is 6.66. The van der Waals surface area contributed by atoms with Crippen LogP contribution in [0.15, 0.2) is 29.4 Å². The Morgan fingerprint density at radius 3 is 2.91 bits per heavy atom. The summed E-state index contributed by atoms with van der Waals surface area (Å²) in [5.74, 6) is 2.68. The number of fused-ring (bicyclic) bond motifs is 1. The molecule has 1 aliphatic heterocycles. The fourth-order valence-electron chi connectivity index (χ4n) is 2.17. The first-order valence-electron chi connectivity index (χ1n) is 6.60. The topological polar surface area (TPSA) is 139 Å². The maximum atomic E-state index is 12.2. The number of urea groups is 1. The van der Waals surface area contributed by atoms with Gasteiger partial charge in [0.15, 0.2) is 0 Å². The first-order valence-corrected chi connectivity index (χ1v) is 7.42. The second-order valence-corrected chi connectivity index (χ2v) is 5.75. The lowest BCUT2D eigenvalue weighted by molar-refractivity contribution is -0.138. The summed E-state index contributed by atoms with van der Waals surface area (Å²) in [6.45, 7) is 0.0377. The van der Waals surface area contributed by atoms with E-state index in [1.54, 1.807) is 0 Å². The molecule has 1 atom stereocenters. The first-order chi connectivity index (χ1) is 11.1. The van der Waals surface area contributed by atoms with Crippen molar-refractivity contribution in [2.75, 3.05) is 6.54 Å². The van der Waals surface area contributed by atoms with E-state index in [4.69, 9.17) is 5.84 Å². The Bertz CT molecular complexity index is 797. The van der Waals surface area contributed by atoms with E-state index in [1.165, 1.54) is 11.3 Å². The smallest absolute Gasteiger partial charge is 0.344 e. The molecule has 1 fully saturated rings. The minimum absolute atomic E-state index is 0.0377. The molecule has 9 nitrogen and oxygen atoms in total. The van der Waals surface area contributed by atoms with Crippen LogP contribution in [-0.4, -0.2) is 35.0 Å². The standard InChI is InChI=1S/C13H12N6O3S/c14-17-13(22)19-18-7-5-15-11(21)10(20)9(7)12-16-6-3-1-2-4-8(6)23-12/h1-4,9H,5,14H2,(H,15,21)(H2,17,19,22)/b18-7+. The number of hydrazine groups is 1. The Labute approximate surface area is 133 Å². The van der Waals surface area contributed by atoms with Gasteiger partial charge in [0, 0.05) is 0 Å². The molecule has 10 heteroatoms. The molecule has 0 saturated carbocycles. The lowest BCUT2D eigenvalue weighted by atomic mass is 9.94. The largest absolute Gasteiger partial charge is 0.349 e. The SMILES string of the molecule is NNC(=O)N/N=C1\CNC(=O)C(=O)C1c1nc2ccccc2s1. The zero-order chi connectivity index (χ0) is 16.4. The van der Waals surface area contributed by atoms with E-state index in [2.05, 4.69) is 20.8 Å². The van der Waals surface area contributed by atoms with Gasteiger partial charge in [-0.15, -0.1) is 11.3 Å². The maximum absolute atomic E-state index is 12.2. The van der Waals surface area contributed by atoms with E-state index in [1.807, 2.05) is 29.7 Å². The van der Waals surface area contributed by atoms with Crippen LogP contribution in [0.2, 0.25) is 0 Å². The molecule has 1 aromatic heterocycles. The number of rotatable bonds is 2. The van der Waals surface area contributed by atoms with Crippen LogP contribution in [0.3, 0.4) is 0 Å². The summed E-state index contributed by atoms with van der Waals surface area (Å²) in [5.41, 5.74) is 5.04. The van der Waals surface area contributed by atoms with E-state index >= 15 is 0 Å². The van der Waals surface area contributed by atoms with Gasteiger partial charge in [0.2, 0.25) is 5.78 Å². The van der Waals surface area contributed by atoms with Crippen LogP contribution in [0, 0.1) is 0 Å². The molecule has 23 heavy (non-hydrogen) atoms. The van der Waals surface area contributed by atoms with Crippen molar-refractivity contribution >= 4 is 45.0 Å². The van der Waals surface area contributed by atoms with E-state index in [0.29, 0.717) is 5.01 Å². The Kier molecular flexibility index (Phi) is 4.00. The van der Waals surface area contributed by atoms with Crippen LogP contribution in [0.1, 0.15) is 10.9 Å². The third kappa shape index (κ3) is 2.89. The molecule has 3 amide bonds. The normalized spacial score (nSPS) is 19.7. The monoisotopic (exact) mass is 332 g/mol. The number of hydrogen-bond acceptors (Lipinski definition) is 7. The lowest BCUT2D eigenvalue weighted by Crippen LogP contribution is -2.49. The summed E-state index contributed by atoms with van der Waals surface area (Å²) in [7, 11) is 0. The van der Waals surface area contributed by atoms with Gasteiger partial charge in [-0.2, -0.15) is 5.10 Å². The fraction of sp³-hybridized carbons (Fsp3) is 0.154. The number of amides is 3. The van der Waals surface area contributed by atoms with Crippen LogP contribution in [0.4, 0.5) is 4.79 Å². The van der Waals surface area contributed by atoms with Gasteiger partial charge in [0.1, 0.15) is 10.9 Å². The summed E-state index contributed by atoms with van der Waals surface area (Å²) in [6.07, 6.45) is 0. The van der Waals surface area contributed by atoms with Gasteiger partial charge in [-0.3, -0.25) is 15.0 Å². The molecular formula is C13H12N6O3S. The average molecular weight is 332 g/mol. The number of hydrazone groups is 1. The van der Waals surface area contributed by atoms with Gasteiger partial charge in [0.05, 0.1) is 22.5 Å². The number of Topliss-reactive ketones (excluding diaryl/α,β-unsaturated/α-hetero) is 1. The number of carbonyl (C=O) groups excluding carboxylic acids is 3. The van der Waals surface area contributed by atoms with Crippen molar-refractivity contribution in [3.05, 3.63) is 29.3 Å². The van der Waals surface area contributed by atoms with Crippen molar-refractivity contribution in [2.45, 2.75) is 5.92 Å². The molecule has 1 aromatic carbocycles. The number of benzene rings is 1. The number of ketones is 1. The zero-order valence-corrected chi connectivity index (χ0v) is 12.5. The molecule has 0 radical (unpaired) electrons. The molecule has 2 aromatic rings. The lowest BCUT2D eigenvalue weighted by Gasteiger charge is -2.21. The summed E-state index contributed by atoms with van der Waals surface area (Å²) in [5, 5.41) is 6.74. The van der Waals surface area contributed by atoms with Gasteiger partial charge < -0.3 is 5.32 Å². The molecule has 0 spiro atoms. The highest BCUT2D eigenvalue weighted by molar-refractivity contribution is 7.19. The van der Waals surface area contributed by atoms with Gasteiger partial charge in [0.25, 0.3) is 5.91 Å². The molecule has 2 heterocycles. The van der Waals surface area contributed by atoms with E-state index in [0.717, 1.165) is 10.2 Å². The van der Waals surface area contributed by atoms with Crippen molar-refractivity contribution in [3.63, 3.8) is 0 Å². The molecule has 3 rings (SSSR count). The second kappa shape index (κ2) is 6.10. The first kappa shape index (κ1) is 15.1. The van der Waals surface area contributed by atoms with Crippen LogP contribution < -0.4 is 22.0 Å². The summed E-state index contributed by atoms with van der Waals surface area (Å²) < 4.78 is 0.897. The van der Waals surface area contributed by atoms with Crippen LogP contribution in [0.25, 0.3) is 10.2 Å². The summed E-state index contributed by atoms with van der Waals surface area (Å²) in [4.78, 5) is 39.5. The fourth-order valence-corrected chi connectivity index (χ4v) is 3.26. The predicted octanol–water partition coefficient (Wildman–Crippen LogP) is -0.392. The van der Waals surface area contributed by atoms with Crippen LogP contribution in [-0.2, 0) is 9.59 Å². The Morgan fingerprint density at radius 2 is 2.17 bits per heavy atom. The van der Waals surface area contributed by atoms with E-state index < -0.39 is 23.6 Å². The summed E-state index contributed by atoms with van der Waals surface area (Å²) >= 11 is 1.31. The molecule has 0 aliphatic carbocycles. The number of aromatic nitrogens is 1.